The highest BCUT2D eigenvalue weighted by Gasteiger charge is 2.35. The number of hydrogen-bond donors (Lipinski definition) is 1. The summed E-state index contributed by atoms with van der Waals surface area (Å²) in [7, 11) is 3.32. The van der Waals surface area contributed by atoms with Gasteiger partial charge in [0.05, 0.1) is 17.2 Å². The summed E-state index contributed by atoms with van der Waals surface area (Å²) in [4.78, 5) is 40.3. The third-order valence-electron chi connectivity index (χ3n) is 4.39. The average molecular weight is 351 g/mol. The van der Waals surface area contributed by atoms with Gasteiger partial charge in [0.25, 0.3) is 5.91 Å². The fourth-order valence-corrected chi connectivity index (χ4v) is 2.99. The Labute approximate surface area is 152 Å². The molecule has 2 aromatic rings. The molecule has 2 aromatic carbocycles. The molecule has 0 aliphatic carbocycles. The molecule has 0 aromatic heterocycles. The molecule has 3 rings (SSSR count). The van der Waals surface area contributed by atoms with Crippen molar-refractivity contribution in [3.8, 4) is 0 Å². The van der Waals surface area contributed by atoms with Crippen molar-refractivity contribution in [2.24, 2.45) is 5.92 Å². The van der Waals surface area contributed by atoms with Crippen molar-refractivity contribution in [1.82, 2.24) is 4.90 Å². The van der Waals surface area contributed by atoms with Crippen LogP contribution >= 0.6 is 0 Å². The van der Waals surface area contributed by atoms with E-state index in [0.717, 1.165) is 5.69 Å². The zero-order chi connectivity index (χ0) is 18.7. The van der Waals surface area contributed by atoms with Crippen LogP contribution in [-0.4, -0.2) is 43.3 Å². The molecule has 1 saturated heterocycles. The fourth-order valence-electron chi connectivity index (χ4n) is 2.99. The topological polar surface area (TPSA) is 69.7 Å². The van der Waals surface area contributed by atoms with Crippen molar-refractivity contribution in [2.45, 2.75) is 6.42 Å². The van der Waals surface area contributed by atoms with Gasteiger partial charge in [0.2, 0.25) is 11.8 Å². The lowest BCUT2D eigenvalue weighted by atomic mass is 10.1. The first-order valence-corrected chi connectivity index (χ1v) is 8.44. The lowest BCUT2D eigenvalue weighted by molar-refractivity contribution is -0.122. The highest BCUT2D eigenvalue weighted by atomic mass is 16.2. The SMILES string of the molecule is CN(C)C(=O)c1ccccc1NC(=O)C1CC(=O)N(c2ccccc2)C1. The smallest absolute Gasteiger partial charge is 0.255 e. The van der Waals surface area contributed by atoms with E-state index in [1.54, 1.807) is 43.3 Å². The number of amides is 3. The Kier molecular flexibility index (Phi) is 5.02. The number of rotatable bonds is 4. The molecule has 1 fully saturated rings. The Bertz CT molecular complexity index is 833. The van der Waals surface area contributed by atoms with Crippen molar-refractivity contribution in [2.75, 3.05) is 30.9 Å². The van der Waals surface area contributed by atoms with E-state index in [1.165, 1.54) is 4.90 Å². The van der Waals surface area contributed by atoms with Gasteiger partial charge in [-0.15, -0.1) is 0 Å². The number of hydrogen-bond acceptors (Lipinski definition) is 3. The normalized spacial score (nSPS) is 16.5. The first kappa shape index (κ1) is 17.7. The first-order chi connectivity index (χ1) is 12.5. The van der Waals surface area contributed by atoms with Crippen molar-refractivity contribution >= 4 is 29.1 Å². The number of benzene rings is 2. The molecule has 1 atom stereocenters. The molecule has 1 aliphatic rings. The van der Waals surface area contributed by atoms with E-state index in [0.29, 0.717) is 17.8 Å². The number of nitrogens with zero attached hydrogens (tertiary/aromatic N) is 2. The summed E-state index contributed by atoms with van der Waals surface area (Å²) >= 11 is 0. The molecule has 6 heteroatoms. The van der Waals surface area contributed by atoms with Crippen LogP contribution in [0.5, 0.6) is 0 Å². The van der Waals surface area contributed by atoms with Crippen molar-refractivity contribution < 1.29 is 14.4 Å². The van der Waals surface area contributed by atoms with Crippen molar-refractivity contribution in [3.63, 3.8) is 0 Å². The Morgan fingerprint density at radius 3 is 2.38 bits per heavy atom. The van der Waals surface area contributed by atoms with Crippen LogP contribution in [0, 0.1) is 5.92 Å². The van der Waals surface area contributed by atoms with Gasteiger partial charge < -0.3 is 15.1 Å². The van der Waals surface area contributed by atoms with Crippen LogP contribution in [-0.2, 0) is 9.59 Å². The van der Waals surface area contributed by atoms with E-state index in [4.69, 9.17) is 0 Å². The monoisotopic (exact) mass is 351 g/mol. The third-order valence-corrected chi connectivity index (χ3v) is 4.39. The van der Waals surface area contributed by atoms with E-state index >= 15 is 0 Å². The summed E-state index contributed by atoms with van der Waals surface area (Å²) < 4.78 is 0. The number of para-hydroxylation sites is 2. The van der Waals surface area contributed by atoms with Gasteiger partial charge in [-0.3, -0.25) is 14.4 Å². The van der Waals surface area contributed by atoms with Crippen LogP contribution in [0.4, 0.5) is 11.4 Å². The quantitative estimate of drug-likeness (QED) is 0.919. The van der Waals surface area contributed by atoms with Gasteiger partial charge in [0.1, 0.15) is 0 Å². The van der Waals surface area contributed by atoms with Gasteiger partial charge in [-0.1, -0.05) is 30.3 Å². The molecule has 134 valence electrons. The molecule has 1 aliphatic heterocycles. The summed E-state index contributed by atoms with van der Waals surface area (Å²) in [5.41, 5.74) is 1.67. The summed E-state index contributed by atoms with van der Waals surface area (Å²) in [5, 5.41) is 2.82. The minimum atomic E-state index is -0.453. The van der Waals surface area contributed by atoms with Gasteiger partial charge in [0, 0.05) is 32.7 Å². The second-order valence-corrected chi connectivity index (χ2v) is 6.48. The maximum absolute atomic E-state index is 12.7. The maximum Gasteiger partial charge on any atom is 0.255 e. The molecule has 0 saturated carbocycles. The van der Waals surface area contributed by atoms with Gasteiger partial charge in [-0.2, -0.15) is 0 Å². The van der Waals surface area contributed by atoms with Gasteiger partial charge in [-0.25, -0.2) is 0 Å². The number of carbonyl (C=O) groups excluding carboxylic acids is 3. The Balaban J connectivity index is 1.74. The molecule has 1 unspecified atom stereocenters. The fraction of sp³-hybridized carbons (Fsp3) is 0.250. The average Bonchev–Trinajstić information content (AvgIpc) is 3.04. The van der Waals surface area contributed by atoms with E-state index < -0.39 is 5.92 Å². The molecule has 1 N–H and O–H groups in total. The van der Waals surface area contributed by atoms with Crippen LogP contribution < -0.4 is 10.2 Å². The number of nitrogens with one attached hydrogen (secondary N) is 1. The van der Waals surface area contributed by atoms with Gasteiger partial charge in [0.15, 0.2) is 0 Å². The van der Waals surface area contributed by atoms with Crippen LogP contribution in [0.25, 0.3) is 0 Å². The zero-order valence-corrected chi connectivity index (χ0v) is 14.8. The second-order valence-electron chi connectivity index (χ2n) is 6.48. The summed E-state index contributed by atoms with van der Waals surface area (Å²) in [6.45, 7) is 0.332. The predicted molar refractivity (Wildman–Crippen MR) is 100.0 cm³/mol. The Hall–Kier alpha value is -3.15. The maximum atomic E-state index is 12.7. The minimum Gasteiger partial charge on any atom is -0.345 e. The molecule has 0 spiro atoms. The first-order valence-electron chi connectivity index (χ1n) is 8.44. The molecule has 6 nitrogen and oxygen atoms in total. The molecule has 3 amide bonds. The zero-order valence-electron chi connectivity index (χ0n) is 14.8. The lowest BCUT2D eigenvalue weighted by Crippen LogP contribution is -2.29. The van der Waals surface area contributed by atoms with E-state index in [1.807, 2.05) is 30.3 Å². The van der Waals surface area contributed by atoms with Crippen molar-refractivity contribution in [3.05, 3.63) is 60.2 Å². The third kappa shape index (κ3) is 3.59. The molecule has 0 radical (unpaired) electrons. The van der Waals surface area contributed by atoms with Crippen molar-refractivity contribution in [1.29, 1.82) is 0 Å². The second kappa shape index (κ2) is 7.39. The molecule has 1 heterocycles. The van der Waals surface area contributed by atoms with E-state index in [-0.39, 0.29) is 24.1 Å². The Morgan fingerprint density at radius 2 is 1.69 bits per heavy atom. The largest absolute Gasteiger partial charge is 0.345 e. The summed E-state index contributed by atoms with van der Waals surface area (Å²) in [6.07, 6.45) is 0.157. The predicted octanol–water partition coefficient (Wildman–Crippen LogP) is 2.38. The summed E-state index contributed by atoms with van der Waals surface area (Å²) in [6, 6.07) is 16.2. The molecular weight excluding hydrogens is 330 g/mol. The highest BCUT2D eigenvalue weighted by molar-refractivity contribution is 6.07. The Morgan fingerprint density at radius 1 is 1.04 bits per heavy atom. The number of carbonyl (C=O) groups is 3. The van der Waals surface area contributed by atoms with Gasteiger partial charge >= 0.3 is 0 Å². The molecule has 26 heavy (non-hydrogen) atoms. The van der Waals surface area contributed by atoms with Crippen LogP contribution in [0.15, 0.2) is 54.6 Å². The lowest BCUT2D eigenvalue weighted by Gasteiger charge is -2.18. The standard InChI is InChI=1S/C20H21N3O3/c1-22(2)20(26)16-10-6-7-11-17(16)21-19(25)14-12-18(24)23(13-14)15-8-4-3-5-9-15/h3-11,14H,12-13H2,1-2H3,(H,21,25). The minimum absolute atomic E-state index is 0.0750. The van der Waals surface area contributed by atoms with Crippen LogP contribution in [0.3, 0.4) is 0 Å². The van der Waals surface area contributed by atoms with E-state index in [2.05, 4.69) is 5.32 Å². The van der Waals surface area contributed by atoms with Gasteiger partial charge in [-0.05, 0) is 24.3 Å². The number of anilines is 2. The highest BCUT2D eigenvalue weighted by Crippen LogP contribution is 2.26. The summed E-state index contributed by atoms with van der Waals surface area (Å²) in [5.74, 6) is -0.968. The molecular formula is C20H21N3O3. The van der Waals surface area contributed by atoms with Crippen LogP contribution in [0.2, 0.25) is 0 Å². The van der Waals surface area contributed by atoms with E-state index in [9.17, 15) is 14.4 Å². The van der Waals surface area contributed by atoms with Crippen LogP contribution in [0.1, 0.15) is 16.8 Å². The molecule has 0 bridgehead atoms.